The van der Waals surface area contributed by atoms with Crippen molar-refractivity contribution in [3.63, 3.8) is 0 Å². The number of hydrogen-bond acceptors (Lipinski definition) is 3. The number of carbonyl (C=O) groups excluding carboxylic acids is 1. The average Bonchev–Trinajstić information content (AvgIpc) is 2.77. The number of carbonyl (C=O) groups is 1. The Morgan fingerprint density at radius 2 is 1.89 bits per heavy atom. The van der Waals surface area contributed by atoms with Gasteiger partial charge in [-0.3, -0.25) is 4.79 Å². The second kappa shape index (κ2) is 6.67. The number of ether oxygens (including phenoxy) is 1. The van der Waals surface area contributed by atoms with Crippen LogP contribution < -0.4 is 0 Å². The summed E-state index contributed by atoms with van der Waals surface area (Å²) in [5, 5.41) is 10.4. The molecule has 1 aliphatic heterocycles. The molecule has 1 heterocycles. The summed E-state index contributed by atoms with van der Waals surface area (Å²) in [5.74, 6) is 0.0717. The molecule has 0 aromatic carbocycles. The first-order valence-corrected chi connectivity index (χ1v) is 7.58. The van der Waals surface area contributed by atoms with E-state index in [-0.39, 0.29) is 5.78 Å². The fourth-order valence-electron chi connectivity index (χ4n) is 3.19. The summed E-state index contributed by atoms with van der Waals surface area (Å²) in [6.45, 7) is 0.878. The molecule has 0 amide bonds. The van der Waals surface area contributed by atoms with Gasteiger partial charge in [0.15, 0.2) is 5.78 Å². The van der Waals surface area contributed by atoms with Gasteiger partial charge in [-0.25, -0.2) is 0 Å². The Hall–Kier alpha value is -0.410. The molecule has 1 unspecified atom stereocenters. The van der Waals surface area contributed by atoms with Crippen molar-refractivity contribution in [2.75, 3.05) is 6.61 Å². The maximum Gasteiger partial charge on any atom is 0.164 e. The van der Waals surface area contributed by atoms with Crippen LogP contribution in [-0.4, -0.2) is 29.2 Å². The highest BCUT2D eigenvalue weighted by Gasteiger charge is 2.35. The topological polar surface area (TPSA) is 46.5 Å². The van der Waals surface area contributed by atoms with E-state index in [1.54, 1.807) is 0 Å². The van der Waals surface area contributed by atoms with Crippen molar-refractivity contribution in [3.8, 4) is 0 Å². The van der Waals surface area contributed by atoms with Gasteiger partial charge in [0.1, 0.15) is 5.60 Å². The molecule has 1 aliphatic carbocycles. The van der Waals surface area contributed by atoms with E-state index < -0.39 is 5.60 Å². The first-order chi connectivity index (χ1) is 8.71. The lowest BCUT2D eigenvalue weighted by molar-refractivity contribution is -0.138. The third kappa shape index (κ3) is 3.79. The van der Waals surface area contributed by atoms with E-state index in [1.807, 2.05) is 0 Å². The van der Waals surface area contributed by atoms with Crippen molar-refractivity contribution >= 4 is 5.78 Å². The monoisotopic (exact) mass is 254 g/mol. The Morgan fingerprint density at radius 1 is 1.17 bits per heavy atom. The SMILES string of the molecule is O=C(CCCC1CCCO1)C1(O)CCCCCC1. The molecule has 3 nitrogen and oxygen atoms in total. The molecule has 0 spiro atoms. The third-order valence-corrected chi connectivity index (χ3v) is 4.40. The van der Waals surface area contributed by atoms with Crippen LogP contribution in [-0.2, 0) is 9.53 Å². The summed E-state index contributed by atoms with van der Waals surface area (Å²) in [6, 6.07) is 0. The molecule has 104 valence electrons. The lowest BCUT2D eigenvalue weighted by atomic mass is 9.87. The molecule has 1 saturated carbocycles. The third-order valence-electron chi connectivity index (χ3n) is 4.40. The van der Waals surface area contributed by atoms with Crippen LogP contribution in [0.1, 0.15) is 70.6 Å². The van der Waals surface area contributed by atoms with Gasteiger partial charge in [0.05, 0.1) is 6.10 Å². The largest absolute Gasteiger partial charge is 0.382 e. The number of aliphatic hydroxyl groups is 1. The van der Waals surface area contributed by atoms with Gasteiger partial charge in [0, 0.05) is 13.0 Å². The van der Waals surface area contributed by atoms with E-state index in [0.717, 1.165) is 58.0 Å². The normalized spacial score (nSPS) is 27.9. The summed E-state index contributed by atoms with van der Waals surface area (Å²) >= 11 is 0. The van der Waals surface area contributed by atoms with Crippen molar-refractivity contribution in [2.24, 2.45) is 0 Å². The van der Waals surface area contributed by atoms with E-state index in [4.69, 9.17) is 4.74 Å². The van der Waals surface area contributed by atoms with Crippen molar-refractivity contribution in [1.29, 1.82) is 0 Å². The average molecular weight is 254 g/mol. The molecule has 0 aromatic rings. The lowest BCUT2D eigenvalue weighted by Gasteiger charge is -2.25. The molecule has 3 heteroatoms. The zero-order chi connectivity index (χ0) is 12.8. The molecular formula is C15H26O3. The van der Waals surface area contributed by atoms with E-state index in [1.165, 1.54) is 0 Å². The summed E-state index contributed by atoms with van der Waals surface area (Å²) in [5.41, 5.74) is -1.01. The van der Waals surface area contributed by atoms with Gasteiger partial charge in [0.25, 0.3) is 0 Å². The molecule has 1 atom stereocenters. The highest BCUT2D eigenvalue weighted by molar-refractivity contribution is 5.87. The van der Waals surface area contributed by atoms with Gasteiger partial charge in [-0.15, -0.1) is 0 Å². The first-order valence-electron chi connectivity index (χ1n) is 7.58. The van der Waals surface area contributed by atoms with Gasteiger partial charge in [-0.1, -0.05) is 25.7 Å². The summed E-state index contributed by atoms with van der Waals surface area (Å²) < 4.78 is 5.55. The van der Waals surface area contributed by atoms with Crippen molar-refractivity contribution in [1.82, 2.24) is 0 Å². The van der Waals surface area contributed by atoms with Gasteiger partial charge in [-0.2, -0.15) is 0 Å². The highest BCUT2D eigenvalue weighted by atomic mass is 16.5. The Balaban J connectivity index is 1.71. The van der Waals surface area contributed by atoms with E-state index in [2.05, 4.69) is 0 Å². The zero-order valence-corrected chi connectivity index (χ0v) is 11.3. The fourth-order valence-corrected chi connectivity index (χ4v) is 3.19. The minimum atomic E-state index is -1.01. The van der Waals surface area contributed by atoms with Crippen molar-refractivity contribution in [2.45, 2.75) is 82.3 Å². The fraction of sp³-hybridized carbons (Fsp3) is 0.933. The molecule has 1 N–H and O–H groups in total. The number of hydrogen-bond donors (Lipinski definition) is 1. The maximum absolute atomic E-state index is 12.2. The van der Waals surface area contributed by atoms with Gasteiger partial charge < -0.3 is 9.84 Å². The van der Waals surface area contributed by atoms with Crippen LogP contribution in [0.2, 0.25) is 0 Å². The molecule has 18 heavy (non-hydrogen) atoms. The van der Waals surface area contributed by atoms with Crippen LogP contribution in [0.5, 0.6) is 0 Å². The minimum Gasteiger partial charge on any atom is -0.382 e. The molecule has 0 bridgehead atoms. The first kappa shape index (κ1) is 14.0. The molecule has 2 aliphatic rings. The zero-order valence-electron chi connectivity index (χ0n) is 11.3. The van der Waals surface area contributed by atoms with E-state index in [0.29, 0.717) is 25.4 Å². The Morgan fingerprint density at radius 3 is 2.50 bits per heavy atom. The molecule has 0 radical (unpaired) electrons. The Bertz CT molecular complexity index is 261. The molecule has 2 rings (SSSR count). The van der Waals surface area contributed by atoms with Crippen molar-refractivity contribution < 1.29 is 14.6 Å². The predicted octanol–water partition coefficient (Wildman–Crippen LogP) is 2.99. The van der Waals surface area contributed by atoms with Crippen LogP contribution in [0.4, 0.5) is 0 Å². The number of rotatable bonds is 5. The number of Topliss-reactive ketones (excluding diaryl/α,β-unsaturated/α-hetero) is 1. The second-order valence-corrected chi connectivity index (χ2v) is 5.90. The van der Waals surface area contributed by atoms with Crippen molar-refractivity contribution in [3.05, 3.63) is 0 Å². The lowest BCUT2D eigenvalue weighted by Crippen LogP contribution is -2.38. The van der Waals surface area contributed by atoms with Crippen LogP contribution in [0.3, 0.4) is 0 Å². The summed E-state index contributed by atoms with van der Waals surface area (Å²) in [6.07, 6.45) is 10.7. The molecule has 2 fully saturated rings. The quantitative estimate of drug-likeness (QED) is 0.767. The van der Waals surface area contributed by atoms with Gasteiger partial charge in [0.2, 0.25) is 0 Å². The highest BCUT2D eigenvalue weighted by Crippen LogP contribution is 2.29. The smallest absolute Gasteiger partial charge is 0.164 e. The second-order valence-electron chi connectivity index (χ2n) is 5.90. The maximum atomic E-state index is 12.2. The van der Waals surface area contributed by atoms with E-state index in [9.17, 15) is 9.90 Å². The summed E-state index contributed by atoms with van der Waals surface area (Å²) in [4.78, 5) is 12.2. The van der Waals surface area contributed by atoms with Gasteiger partial charge in [-0.05, 0) is 38.5 Å². The molecule has 1 saturated heterocycles. The predicted molar refractivity (Wildman–Crippen MR) is 70.5 cm³/mol. The van der Waals surface area contributed by atoms with Crippen LogP contribution >= 0.6 is 0 Å². The van der Waals surface area contributed by atoms with E-state index >= 15 is 0 Å². The Kier molecular flexibility index (Phi) is 5.19. The van der Waals surface area contributed by atoms with Gasteiger partial charge >= 0.3 is 0 Å². The van der Waals surface area contributed by atoms with Crippen LogP contribution in [0.15, 0.2) is 0 Å². The van der Waals surface area contributed by atoms with Crippen LogP contribution in [0, 0.1) is 0 Å². The molecular weight excluding hydrogens is 228 g/mol. The molecule has 0 aromatic heterocycles. The standard InChI is InChI=1S/C15H26O3/c16-14(9-5-7-13-8-6-12-18-13)15(17)10-3-1-2-4-11-15/h13,17H,1-12H2. The van der Waals surface area contributed by atoms with Crippen LogP contribution in [0.25, 0.3) is 0 Å². The Labute approximate surface area is 110 Å². The minimum absolute atomic E-state index is 0.0717. The number of ketones is 1. The summed E-state index contributed by atoms with van der Waals surface area (Å²) in [7, 11) is 0.